The highest BCUT2D eigenvalue weighted by Gasteiger charge is 2.45. The van der Waals surface area contributed by atoms with Crippen LogP contribution in [0.2, 0.25) is 0 Å². The smallest absolute Gasteiger partial charge is 0.186 e. The molecule has 8 N–H and O–H groups in total. The minimum absolute atomic E-state index is 0.0689. The molecule has 2 saturated heterocycles. The lowest BCUT2D eigenvalue weighted by Crippen LogP contribution is -2.59. The normalized spacial score (nSPS) is 31.8. The van der Waals surface area contributed by atoms with Gasteiger partial charge in [-0.2, -0.15) is 0 Å². The third kappa shape index (κ3) is 18.5. The average Bonchev–Trinajstić information content (AvgIpc) is 3.65. The van der Waals surface area contributed by atoms with Crippen LogP contribution >= 0.6 is 0 Å². The topological polar surface area (TPSA) is 164 Å². The third-order valence-corrected chi connectivity index (χ3v) is 12.7. The summed E-state index contributed by atoms with van der Waals surface area (Å²) in [4.78, 5) is 0. The van der Waals surface area contributed by atoms with E-state index in [9.17, 15) is 39.4 Å². The number of hydrogen-bond acceptors (Lipinski definition) is 10. The van der Waals surface area contributed by atoms with E-state index in [-0.39, 0.29) is 18.7 Å². The van der Waals surface area contributed by atoms with Gasteiger partial charge >= 0.3 is 0 Å². The predicted octanol–water partition coefficient (Wildman–Crippen LogP) is 6.84. The maximum atomic E-state index is 13.6. The summed E-state index contributed by atoms with van der Waals surface area (Å²) in [5.41, 5.74) is 6.71. The van der Waals surface area contributed by atoms with Crippen LogP contribution in [-0.2, 0) is 9.47 Å². The maximum Gasteiger partial charge on any atom is 0.186 e. The van der Waals surface area contributed by atoms with E-state index in [2.05, 4.69) is 17.8 Å². The molecule has 10 nitrogen and oxygen atoms in total. The number of unbranched alkanes of at least 4 members (excludes halogenated alkanes) is 18. The quantitative estimate of drug-likeness (QED) is 0.0349. The predicted molar refractivity (Wildman–Crippen MR) is 213 cm³/mol. The van der Waals surface area contributed by atoms with Crippen molar-refractivity contribution in [2.75, 3.05) is 13.2 Å². The molecule has 55 heavy (non-hydrogen) atoms. The molecular formula is C43H82F2N2O8. The second kappa shape index (κ2) is 28.8. The summed E-state index contributed by atoms with van der Waals surface area (Å²) >= 11 is 0. The van der Waals surface area contributed by atoms with Crippen LogP contribution in [0.5, 0.6) is 0 Å². The van der Waals surface area contributed by atoms with Crippen molar-refractivity contribution in [1.82, 2.24) is 10.9 Å². The molecular weight excluding hydrogens is 710 g/mol. The highest BCUT2D eigenvalue weighted by molar-refractivity contribution is 4.93. The molecule has 12 heteroatoms. The number of ether oxygens (including phenoxy) is 2. The highest BCUT2D eigenvalue weighted by atomic mass is 19.2. The fraction of sp³-hybridized carbons (Fsp3) is 1.00. The summed E-state index contributed by atoms with van der Waals surface area (Å²) in [6.45, 7) is 1.62. The standard InChI is InChI=1S/C43H82F2N2O8/c1-2-3-4-5-6-7-8-9-10-15-18-21-24-37(49)39(50)33(30-54-43-42(53)41(52)40(51)38(29-48)55-43)36-28-32(46-47-36)23-20-17-14-12-11-13-16-19-22-31-25-26-34(44)35(45)27-31/h31-43,46-53H,2-30H2,1H3/t31?,32?,33-,34?,35?,36?,37-,38?,39+,40?,41?,42?,43?/m1/s1. The van der Waals surface area contributed by atoms with Gasteiger partial charge in [-0.25, -0.2) is 8.78 Å². The van der Waals surface area contributed by atoms with Gasteiger partial charge in [-0.15, -0.1) is 0 Å². The van der Waals surface area contributed by atoms with E-state index in [1.54, 1.807) is 0 Å². The number of aliphatic hydroxyl groups is 6. The lowest BCUT2D eigenvalue weighted by atomic mass is 9.83. The van der Waals surface area contributed by atoms with Gasteiger partial charge in [0.05, 0.1) is 25.4 Å². The Labute approximate surface area is 331 Å². The Kier molecular flexibility index (Phi) is 25.6. The second-order valence-corrected chi connectivity index (χ2v) is 17.4. The maximum absolute atomic E-state index is 13.6. The number of halogens is 2. The Bertz CT molecular complexity index is 943. The van der Waals surface area contributed by atoms with E-state index in [1.165, 1.54) is 83.5 Å². The molecule has 10 unspecified atom stereocenters. The lowest BCUT2D eigenvalue weighted by Gasteiger charge is -2.40. The number of hydrazine groups is 1. The van der Waals surface area contributed by atoms with E-state index in [0.717, 1.165) is 70.6 Å². The SMILES string of the molecule is CCCCCCCCCCCCCC[C@@H](O)[C@@H](O)[C@H](COC1OC(CO)C(O)C(O)C1O)C1CC(CCCCCCCCCCC2CCC(F)C(F)C2)NN1. The number of hydrogen-bond donors (Lipinski definition) is 8. The molecule has 0 aromatic heterocycles. The second-order valence-electron chi connectivity index (χ2n) is 17.4. The van der Waals surface area contributed by atoms with E-state index >= 15 is 0 Å². The Morgan fingerprint density at radius 3 is 1.80 bits per heavy atom. The lowest BCUT2D eigenvalue weighted by molar-refractivity contribution is -0.305. The highest BCUT2D eigenvalue weighted by Crippen LogP contribution is 2.32. The van der Waals surface area contributed by atoms with Crippen molar-refractivity contribution >= 4 is 0 Å². The largest absolute Gasteiger partial charge is 0.394 e. The summed E-state index contributed by atoms with van der Waals surface area (Å²) in [6.07, 6.45) is 17.1. The van der Waals surface area contributed by atoms with Crippen molar-refractivity contribution in [3.63, 3.8) is 0 Å². The molecule has 0 spiro atoms. The Balaban J connectivity index is 1.35. The molecule has 3 rings (SSSR count). The first-order chi connectivity index (χ1) is 26.7. The van der Waals surface area contributed by atoms with Crippen LogP contribution in [0.1, 0.15) is 180 Å². The molecule has 0 amide bonds. The molecule has 2 aliphatic heterocycles. The van der Waals surface area contributed by atoms with E-state index in [4.69, 9.17) is 9.47 Å². The molecule has 1 aliphatic carbocycles. The number of nitrogens with one attached hydrogen (secondary N) is 2. The molecule has 3 aliphatic rings. The molecule has 0 bridgehead atoms. The number of aliphatic hydroxyl groups excluding tert-OH is 6. The van der Waals surface area contributed by atoms with Crippen LogP contribution in [0.15, 0.2) is 0 Å². The number of alkyl halides is 2. The van der Waals surface area contributed by atoms with E-state index < -0.39 is 67.8 Å². The summed E-state index contributed by atoms with van der Waals surface area (Å²) in [5, 5.41) is 63.2. The minimum atomic E-state index is -1.56. The van der Waals surface area contributed by atoms with Gasteiger partial charge in [0.1, 0.15) is 36.8 Å². The fourth-order valence-corrected chi connectivity index (χ4v) is 8.94. The molecule has 326 valence electrons. The summed E-state index contributed by atoms with van der Waals surface area (Å²) < 4.78 is 38.5. The monoisotopic (exact) mass is 793 g/mol. The van der Waals surface area contributed by atoms with Gasteiger partial charge < -0.3 is 40.1 Å². The van der Waals surface area contributed by atoms with Gasteiger partial charge in [0.15, 0.2) is 6.29 Å². The molecule has 0 aromatic rings. The van der Waals surface area contributed by atoms with Crippen molar-refractivity contribution in [3.8, 4) is 0 Å². The number of rotatable bonds is 31. The van der Waals surface area contributed by atoms with Gasteiger partial charge in [0, 0.05) is 18.0 Å². The molecule has 1 saturated carbocycles. The van der Waals surface area contributed by atoms with Crippen molar-refractivity contribution in [1.29, 1.82) is 0 Å². The van der Waals surface area contributed by atoms with Crippen LogP contribution in [0.4, 0.5) is 8.78 Å². The third-order valence-electron chi connectivity index (χ3n) is 12.7. The van der Waals surface area contributed by atoms with Crippen LogP contribution in [0.25, 0.3) is 0 Å². The summed E-state index contributed by atoms with van der Waals surface area (Å²) in [7, 11) is 0. The Morgan fingerprint density at radius 1 is 0.655 bits per heavy atom. The average molecular weight is 793 g/mol. The zero-order valence-corrected chi connectivity index (χ0v) is 34.3. The molecule has 0 aromatic carbocycles. The van der Waals surface area contributed by atoms with Crippen LogP contribution < -0.4 is 10.9 Å². The van der Waals surface area contributed by atoms with E-state index in [1.807, 2.05) is 0 Å². The van der Waals surface area contributed by atoms with Crippen LogP contribution in [-0.4, -0.2) is 111 Å². The molecule has 13 atom stereocenters. The van der Waals surface area contributed by atoms with Crippen molar-refractivity contribution in [3.05, 3.63) is 0 Å². The van der Waals surface area contributed by atoms with Crippen LogP contribution in [0.3, 0.4) is 0 Å². The van der Waals surface area contributed by atoms with Crippen molar-refractivity contribution < 1.29 is 48.9 Å². The van der Waals surface area contributed by atoms with E-state index in [0.29, 0.717) is 25.2 Å². The Hall–Kier alpha value is -0.540. The summed E-state index contributed by atoms with van der Waals surface area (Å²) in [5.74, 6) is -0.197. The van der Waals surface area contributed by atoms with Gasteiger partial charge in [-0.05, 0) is 44.4 Å². The van der Waals surface area contributed by atoms with Gasteiger partial charge in [-0.3, -0.25) is 10.9 Å². The van der Waals surface area contributed by atoms with Crippen molar-refractivity contribution in [2.24, 2.45) is 11.8 Å². The minimum Gasteiger partial charge on any atom is -0.394 e. The first-order valence-corrected chi connectivity index (χ1v) is 22.7. The van der Waals surface area contributed by atoms with Gasteiger partial charge in [0.25, 0.3) is 0 Å². The molecule has 2 heterocycles. The molecule has 0 radical (unpaired) electrons. The van der Waals surface area contributed by atoms with Crippen LogP contribution in [0, 0.1) is 11.8 Å². The van der Waals surface area contributed by atoms with Crippen molar-refractivity contribution in [2.45, 2.75) is 248 Å². The molecule has 3 fully saturated rings. The zero-order valence-electron chi connectivity index (χ0n) is 34.3. The first kappa shape index (κ1) is 48.8. The zero-order chi connectivity index (χ0) is 39.8. The fourth-order valence-electron chi connectivity index (χ4n) is 8.94. The first-order valence-electron chi connectivity index (χ1n) is 22.7. The Morgan fingerprint density at radius 2 is 1.22 bits per heavy atom. The van der Waals surface area contributed by atoms with Gasteiger partial charge in [0.2, 0.25) is 0 Å². The summed E-state index contributed by atoms with van der Waals surface area (Å²) in [6, 6.07) is -0.0267. The van der Waals surface area contributed by atoms with Gasteiger partial charge in [-0.1, -0.05) is 142 Å².